The summed E-state index contributed by atoms with van der Waals surface area (Å²) in [6.07, 6.45) is 2.49. The summed E-state index contributed by atoms with van der Waals surface area (Å²) in [5.41, 5.74) is 2.77. The van der Waals surface area contributed by atoms with Crippen molar-refractivity contribution in [3.8, 4) is 0 Å². The Morgan fingerprint density at radius 1 is 0.889 bits per heavy atom. The quantitative estimate of drug-likeness (QED) is 0.661. The summed E-state index contributed by atoms with van der Waals surface area (Å²) in [7, 11) is -3.74. The van der Waals surface area contributed by atoms with Crippen LogP contribution >= 0.6 is 0 Å². The van der Waals surface area contributed by atoms with Crippen molar-refractivity contribution < 1.29 is 13.5 Å². The molecule has 2 N–H and O–H groups in total. The number of benzene rings is 3. The van der Waals surface area contributed by atoms with Crippen molar-refractivity contribution in [3.63, 3.8) is 0 Å². The third-order valence-electron chi connectivity index (χ3n) is 4.13. The topological polar surface area (TPSA) is 66.4 Å². The predicted octanol–water partition coefficient (Wildman–Crippen LogP) is 4.54. The van der Waals surface area contributed by atoms with E-state index >= 15 is 0 Å². The van der Waals surface area contributed by atoms with Gasteiger partial charge >= 0.3 is 0 Å². The summed E-state index contributed by atoms with van der Waals surface area (Å²) in [6, 6.07) is 23.0. The highest BCUT2D eigenvalue weighted by atomic mass is 32.2. The zero-order chi connectivity index (χ0) is 19.3. The van der Waals surface area contributed by atoms with Crippen LogP contribution in [0.2, 0.25) is 0 Å². The first-order valence-electron chi connectivity index (χ1n) is 8.55. The Kier molecular flexibility index (Phi) is 5.74. The highest BCUT2D eigenvalue weighted by Gasteiger charge is 2.17. The minimum Gasteiger partial charge on any atom is -0.384 e. The average molecular weight is 379 g/mol. The number of aryl methyl sites for hydroxylation is 1. The Labute approximate surface area is 159 Å². The fourth-order valence-electron chi connectivity index (χ4n) is 2.64. The van der Waals surface area contributed by atoms with E-state index in [-0.39, 0.29) is 4.90 Å². The molecular weight excluding hydrogens is 358 g/mol. The van der Waals surface area contributed by atoms with E-state index in [9.17, 15) is 13.5 Å². The molecule has 1 unspecified atom stereocenters. The van der Waals surface area contributed by atoms with Gasteiger partial charge in [-0.3, -0.25) is 4.72 Å². The highest BCUT2D eigenvalue weighted by molar-refractivity contribution is 7.92. The minimum absolute atomic E-state index is 0.178. The maximum atomic E-state index is 12.7. The fraction of sp³-hybridized carbons (Fsp3) is 0.0909. The summed E-state index contributed by atoms with van der Waals surface area (Å²) in [5.74, 6) is 0. The van der Waals surface area contributed by atoms with Gasteiger partial charge < -0.3 is 5.11 Å². The van der Waals surface area contributed by atoms with Crippen LogP contribution in [0.5, 0.6) is 0 Å². The van der Waals surface area contributed by atoms with Gasteiger partial charge in [0.05, 0.1) is 16.7 Å². The van der Waals surface area contributed by atoms with Crippen molar-refractivity contribution in [2.45, 2.75) is 17.9 Å². The molecule has 0 saturated carbocycles. The standard InChI is InChI=1S/C22H21NO3S/c1-17-11-14-19(15-12-17)27(25,26)23-21-10-6-5-9-20(21)22(24)16-13-18-7-3-2-4-8-18/h2-16,22-24H,1H3/b16-13+. The fourth-order valence-corrected chi connectivity index (χ4v) is 3.73. The van der Waals surface area contributed by atoms with E-state index < -0.39 is 16.1 Å². The van der Waals surface area contributed by atoms with Gasteiger partial charge in [-0.25, -0.2) is 8.42 Å². The number of hydrogen-bond donors (Lipinski definition) is 2. The lowest BCUT2D eigenvalue weighted by Crippen LogP contribution is -2.15. The van der Waals surface area contributed by atoms with Crippen LogP contribution < -0.4 is 4.72 Å². The van der Waals surface area contributed by atoms with Gasteiger partial charge in [-0.1, -0.05) is 78.4 Å². The smallest absolute Gasteiger partial charge is 0.261 e. The van der Waals surface area contributed by atoms with Crippen molar-refractivity contribution in [2.24, 2.45) is 0 Å². The number of sulfonamides is 1. The molecule has 3 aromatic rings. The molecule has 3 rings (SSSR count). The van der Waals surface area contributed by atoms with Crippen LogP contribution in [0.4, 0.5) is 5.69 Å². The summed E-state index contributed by atoms with van der Waals surface area (Å²) in [4.78, 5) is 0.178. The number of hydrogen-bond acceptors (Lipinski definition) is 3. The number of para-hydroxylation sites is 1. The maximum absolute atomic E-state index is 12.7. The van der Waals surface area contributed by atoms with Crippen LogP contribution in [0.1, 0.15) is 22.8 Å². The molecule has 138 valence electrons. The van der Waals surface area contributed by atoms with E-state index in [0.717, 1.165) is 11.1 Å². The van der Waals surface area contributed by atoms with Crippen molar-refractivity contribution in [1.82, 2.24) is 0 Å². The van der Waals surface area contributed by atoms with E-state index in [1.807, 2.05) is 37.3 Å². The van der Waals surface area contributed by atoms with E-state index in [1.165, 1.54) is 0 Å². The van der Waals surface area contributed by atoms with E-state index in [2.05, 4.69) is 4.72 Å². The van der Waals surface area contributed by atoms with Gasteiger partial charge in [-0.15, -0.1) is 0 Å². The lowest BCUT2D eigenvalue weighted by atomic mass is 10.1. The van der Waals surface area contributed by atoms with E-state index in [0.29, 0.717) is 11.3 Å². The molecule has 0 amide bonds. The molecule has 3 aromatic carbocycles. The molecule has 0 aromatic heterocycles. The molecule has 0 saturated heterocycles. The van der Waals surface area contributed by atoms with Crippen molar-refractivity contribution >= 4 is 21.8 Å². The van der Waals surface area contributed by atoms with E-state index in [1.54, 1.807) is 60.7 Å². The minimum atomic E-state index is -3.74. The Bertz CT molecular complexity index is 1030. The van der Waals surface area contributed by atoms with Crippen molar-refractivity contribution in [1.29, 1.82) is 0 Å². The molecule has 27 heavy (non-hydrogen) atoms. The molecule has 4 nitrogen and oxygen atoms in total. The molecule has 0 aliphatic rings. The molecule has 0 fully saturated rings. The molecule has 5 heteroatoms. The third-order valence-corrected chi connectivity index (χ3v) is 5.51. The lowest BCUT2D eigenvalue weighted by molar-refractivity contribution is 0.230. The van der Waals surface area contributed by atoms with Gasteiger partial charge in [-0.2, -0.15) is 0 Å². The summed E-state index contributed by atoms with van der Waals surface area (Å²) in [6.45, 7) is 1.90. The summed E-state index contributed by atoms with van der Waals surface area (Å²) < 4.78 is 27.9. The van der Waals surface area contributed by atoms with Crippen LogP contribution in [-0.4, -0.2) is 13.5 Å². The first-order chi connectivity index (χ1) is 13.0. The molecular formula is C22H21NO3S. The Morgan fingerprint density at radius 2 is 1.52 bits per heavy atom. The number of aliphatic hydroxyl groups excluding tert-OH is 1. The predicted molar refractivity (Wildman–Crippen MR) is 109 cm³/mol. The maximum Gasteiger partial charge on any atom is 0.261 e. The third kappa shape index (κ3) is 4.84. The molecule has 1 atom stereocenters. The second kappa shape index (κ2) is 8.20. The number of rotatable bonds is 6. The number of aliphatic hydroxyl groups is 1. The Morgan fingerprint density at radius 3 is 2.22 bits per heavy atom. The number of nitrogens with one attached hydrogen (secondary N) is 1. The van der Waals surface area contributed by atoms with E-state index in [4.69, 9.17) is 0 Å². The number of anilines is 1. The van der Waals surface area contributed by atoms with Gasteiger partial charge in [0.1, 0.15) is 0 Å². The van der Waals surface area contributed by atoms with Crippen LogP contribution in [-0.2, 0) is 10.0 Å². The van der Waals surface area contributed by atoms with Crippen LogP contribution in [0.25, 0.3) is 6.08 Å². The molecule has 0 spiro atoms. The monoisotopic (exact) mass is 379 g/mol. The first kappa shape index (κ1) is 18.9. The zero-order valence-electron chi connectivity index (χ0n) is 14.9. The molecule has 0 aliphatic carbocycles. The highest BCUT2D eigenvalue weighted by Crippen LogP contribution is 2.27. The molecule has 0 radical (unpaired) electrons. The Balaban J connectivity index is 1.85. The SMILES string of the molecule is Cc1ccc(S(=O)(=O)Nc2ccccc2C(O)/C=C/c2ccccc2)cc1. The molecule has 0 heterocycles. The first-order valence-corrected chi connectivity index (χ1v) is 10.0. The second-order valence-electron chi connectivity index (χ2n) is 6.22. The largest absolute Gasteiger partial charge is 0.384 e. The van der Waals surface area contributed by atoms with Crippen molar-refractivity contribution in [2.75, 3.05) is 4.72 Å². The van der Waals surface area contributed by atoms with Gasteiger partial charge in [0, 0.05) is 5.56 Å². The normalized spacial score (nSPS) is 12.8. The Hall–Kier alpha value is -2.89. The molecule has 0 bridgehead atoms. The second-order valence-corrected chi connectivity index (χ2v) is 7.90. The lowest BCUT2D eigenvalue weighted by Gasteiger charge is -2.15. The zero-order valence-corrected chi connectivity index (χ0v) is 15.7. The average Bonchev–Trinajstić information content (AvgIpc) is 2.67. The van der Waals surface area contributed by atoms with Crippen LogP contribution in [0.15, 0.2) is 89.8 Å². The van der Waals surface area contributed by atoms with Crippen molar-refractivity contribution in [3.05, 3.63) is 102 Å². The van der Waals surface area contributed by atoms with Gasteiger partial charge in [0.15, 0.2) is 0 Å². The van der Waals surface area contributed by atoms with Gasteiger partial charge in [0.2, 0.25) is 0 Å². The van der Waals surface area contributed by atoms with Gasteiger partial charge in [-0.05, 0) is 30.7 Å². The van der Waals surface area contributed by atoms with Crippen LogP contribution in [0, 0.1) is 6.92 Å². The van der Waals surface area contributed by atoms with Gasteiger partial charge in [0.25, 0.3) is 10.0 Å². The summed E-state index contributed by atoms with van der Waals surface area (Å²) in [5, 5.41) is 10.5. The summed E-state index contributed by atoms with van der Waals surface area (Å²) >= 11 is 0. The molecule has 0 aliphatic heterocycles. The van der Waals surface area contributed by atoms with Crippen LogP contribution in [0.3, 0.4) is 0 Å².